The quantitative estimate of drug-likeness (QED) is 0.171. The number of fused-ring (bicyclic) bond motifs is 3. The Labute approximate surface area is 239 Å². The molecule has 1 aliphatic rings. The van der Waals surface area contributed by atoms with Crippen LogP contribution in [0.4, 0.5) is 15.3 Å². The van der Waals surface area contributed by atoms with Crippen molar-refractivity contribution in [3.05, 3.63) is 102 Å². The topological polar surface area (TPSA) is 126 Å². The summed E-state index contributed by atoms with van der Waals surface area (Å²) in [5, 5.41) is 17.4. The molecule has 4 rings (SSSR count). The van der Waals surface area contributed by atoms with Crippen molar-refractivity contribution in [1.82, 2.24) is 10.6 Å². The molecule has 0 bridgehead atoms. The molecule has 3 aromatic carbocycles. The normalized spacial score (nSPS) is 12.4. The van der Waals surface area contributed by atoms with E-state index in [0.29, 0.717) is 31.5 Å². The Hall–Kier alpha value is -4.63. The third kappa shape index (κ3) is 7.95. The highest BCUT2D eigenvalue weighted by Gasteiger charge is 2.29. The third-order valence-corrected chi connectivity index (χ3v) is 6.88. The average molecular weight is 558 g/mol. The molecular formula is C32H35N3O6. The number of aliphatic hydroxyl groups is 1. The van der Waals surface area contributed by atoms with Gasteiger partial charge < -0.3 is 30.5 Å². The van der Waals surface area contributed by atoms with Crippen LogP contribution in [0.2, 0.25) is 0 Å². The lowest BCUT2D eigenvalue weighted by atomic mass is 9.98. The second kappa shape index (κ2) is 14.7. The zero-order chi connectivity index (χ0) is 29.0. The summed E-state index contributed by atoms with van der Waals surface area (Å²) >= 11 is 0. The van der Waals surface area contributed by atoms with Crippen molar-refractivity contribution in [1.29, 1.82) is 0 Å². The summed E-state index contributed by atoms with van der Waals surface area (Å²) in [6, 6.07) is 22.1. The third-order valence-electron chi connectivity index (χ3n) is 6.88. The van der Waals surface area contributed by atoms with Gasteiger partial charge in [0.2, 0.25) is 5.91 Å². The molecule has 0 spiro atoms. The van der Waals surface area contributed by atoms with Crippen LogP contribution in [0.5, 0.6) is 0 Å². The van der Waals surface area contributed by atoms with E-state index < -0.39 is 24.1 Å². The van der Waals surface area contributed by atoms with Gasteiger partial charge in [0.15, 0.2) is 0 Å². The highest BCUT2D eigenvalue weighted by Crippen LogP contribution is 2.44. The largest absolute Gasteiger partial charge is 0.449 e. The van der Waals surface area contributed by atoms with Crippen LogP contribution < -0.4 is 16.0 Å². The van der Waals surface area contributed by atoms with Crippen LogP contribution in [0, 0.1) is 0 Å². The van der Waals surface area contributed by atoms with Crippen molar-refractivity contribution in [2.45, 2.75) is 37.8 Å². The molecule has 9 heteroatoms. The van der Waals surface area contributed by atoms with E-state index in [0.717, 1.165) is 27.8 Å². The first kappa shape index (κ1) is 29.4. The number of amides is 3. The molecule has 0 aromatic heterocycles. The maximum Gasteiger partial charge on any atom is 0.407 e. The van der Waals surface area contributed by atoms with Crippen LogP contribution in [0.15, 0.2) is 85.5 Å². The molecule has 1 aliphatic carbocycles. The highest BCUT2D eigenvalue weighted by molar-refractivity contribution is 5.96. The van der Waals surface area contributed by atoms with Gasteiger partial charge in [0, 0.05) is 18.2 Å². The fourth-order valence-electron chi connectivity index (χ4n) is 4.82. The van der Waals surface area contributed by atoms with E-state index in [4.69, 9.17) is 9.47 Å². The van der Waals surface area contributed by atoms with Crippen LogP contribution in [0.25, 0.3) is 11.1 Å². The highest BCUT2D eigenvalue weighted by atomic mass is 16.6. The fraction of sp³-hybridized carbons (Fsp3) is 0.281. The summed E-state index contributed by atoms with van der Waals surface area (Å²) in [5.41, 5.74) is 5.71. The second-order valence-corrected chi connectivity index (χ2v) is 9.68. The van der Waals surface area contributed by atoms with Crippen LogP contribution in [-0.4, -0.2) is 49.0 Å². The molecular weight excluding hydrogens is 522 g/mol. The number of unbranched alkanes of at least 4 members (excludes halogenated alkanes) is 1. The van der Waals surface area contributed by atoms with Gasteiger partial charge in [-0.1, -0.05) is 73.3 Å². The number of aliphatic hydroxyl groups excluding tert-OH is 1. The summed E-state index contributed by atoms with van der Waals surface area (Å²) in [6.07, 6.45) is 1.71. The molecule has 9 nitrogen and oxygen atoms in total. The maximum absolute atomic E-state index is 13.2. The van der Waals surface area contributed by atoms with Gasteiger partial charge in [0.05, 0.1) is 6.61 Å². The van der Waals surface area contributed by atoms with Crippen molar-refractivity contribution in [2.75, 3.05) is 25.1 Å². The predicted molar refractivity (Wildman–Crippen MR) is 156 cm³/mol. The van der Waals surface area contributed by atoms with Gasteiger partial charge in [0.25, 0.3) is 0 Å². The molecule has 0 unspecified atom stereocenters. The van der Waals surface area contributed by atoms with Crippen LogP contribution >= 0.6 is 0 Å². The van der Waals surface area contributed by atoms with Crippen LogP contribution in [0.1, 0.15) is 41.9 Å². The Kier molecular flexibility index (Phi) is 10.5. The Morgan fingerprint density at radius 1 is 0.878 bits per heavy atom. The first-order valence-corrected chi connectivity index (χ1v) is 13.6. The number of benzene rings is 3. The minimum atomic E-state index is -0.865. The van der Waals surface area contributed by atoms with E-state index in [9.17, 15) is 19.5 Å². The molecule has 0 saturated heterocycles. The molecule has 3 aromatic rings. The zero-order valence-corrected chi connectivity index (χ0v) is 22.8. The van der Waals surface area contributed by atoms with Gasteiger partial charge in [-0.3, -0.25) is 4.79 Å². The zero-order valence-electron chi connectivity index (χ0n) is 22.8. The SMILES string of the molecule is C=CCOC(=O)NCCCC[C@H](NC(=O)OCC1c2ccccc2-c2ccccc21)C(=O)Nc1ccc(CO)cc1. The molecule has 0 heterocycles. The van der Waals surface area contributed by atoms with Gasteiger partial charge >= 0.3 is 12.2 Å². The summed E-state index contributed by atoms with van der Waals surface area (Å²) in [7, 11) is 0. The van der Waals surface area contributed by atoms with E-state index >= 15 is 0 Å². The van der Waals surface area contributed by atoms with Gasteiger partial charge in [0.1, 0.15) is 19.3 Å². The van der Waals surface area contributed by atoms with E-state index in [2.05, 4.69) is 34.7 Å². The number of nitrogens with one attached hydrogen (secondary N) is 3. The van der Waals surface area contributed by atoms with Crippen molar-refractivity contribution in [3.8, 4) is 11.1 Å². The number of carbonyl (C=O) groups excluding carboxylic acids is 3. The monoisotopic (exact) mass is 557 g/mol. The number of alkyl carbamates (subject to hydrolysis) is 2. The first-order valence-electron chi connectivity index (χ1n) is 13.6. The van der Waals surface area contributed by atoms with Crippen molar-refractivity contribution < 1.29 is 29.0 Å². The van der Waals surface area contributed by atoms with Crippen molar-refractivity contribution in [3.63, 3.8) is 0 Å². The first-order chi connectivity index (χ1) is 20.0. The molecule has 0 radical (unpaired) electrons. The van der Waals surface area contributed by atoms with Gasteiger partial charge in [-0.25, -0.2) is 9.59 Å². The Morgan fingerprint density at radius 2 is 1.54 bits per heavy atom. The Bertz CT molecular complexity index is 1310. The average Bonchev–Trinajstić information content (AvgIpc) is 3.32. The Balaban J connectivity index is 1.35. The van der Waals surface area contributed by atoms with Gasteiger partial charge in [-0.2, -0.15) is 0 Å². The van der Waals surface area contributed by atoms with Crippen molar-refractivity contribution in [2.24, 2.45) is 0 Å². The van der Waals surface area contributed by atoms with Crippen LogP contribution in [0.3, 0.4) is 0 Å². The minimum absolute atomic E-state index is 0.0996. The minimum Gasteiger partial charge on any atom is -0.449 e. The lowest BCUT2D eigenvalue weighted by Gasteiger charge is -2.20. The molecule has 0 fully saturated rings. The standard InChI is InChI=1S/C32H35N3O6/c1-2-19-40-31(38)33-18-8-7-13-29(30(37)34-23-16-14-22(20-36)15-17-23)35-32(39)41-21-28-26-11-5-3-9-24(26)25-10-4-6-12-27(25)28/h2-6,9-12,14-17,28-29,36H,1,7-8,13,18-21H2,(H,33,38)(H,34,37)(H,35,39)/t29-/m0/s1. The van der Waals surface area contributed by atoms with E-state index in [1.165, 1.54) is 6.08 Å². The predicted octanol–water partition coefficient (Wildman–Crippen LogP) is 5.11. The van der Waals surface area contributed by atoms with E-state index in [1.807, 2.05) is 36.4 Å². The smallest absolute Gasteiger partial charge is 0.407 e. The molecule has 0 aliphatic heterocycles. The molecule has 214 valence electrons. The second-order valence-electron chi connectivity index (χ2n) is 9.68. The molecule has 3 amide bonds. The number of rotatable bonds is 13. The van der Waals surface area contributed by atoms with Crippen molar-refractivity contribution >= 4 is 23.8 Å². The molecule has 41 heavy (non-hydrogen) atoms. The fourth-order valence-corrected chi connectivity index (χ4v) is 4.82. The van der Waals surface area contributed by atoms with Gasteiger partial charge in [-0.15, -0.1) is 0 Å². The maximum atomic E-state index is 13.2. The Morgan fingerprint density at radius 3 is 2.17 bits per heavy atom. The number of ether oxygens (including phenoxy) is 2. The number of carbonyl (C=O) groups is 3. The number of hydrogen-bond acceptors (Lipinski definition) is 6. The molecule has 1 atom stereocenters. The van der Waals surface area contributed by atoms with Gasteiger partial charge in [-0.05, 0) is 59.2 Å². The summed E-state index contributed by atoms with van der Waals surface area (Å²) in [5.74, 6) is -0.494. The summed E-state index contributed by atoms with van der Waals surface area (Å²) < 4.78 is 10.5. The molecule has 0 saturated carbocycles. The summed E-state index contributed by atoms with van der Waals surface area (Å²) in [6.45, 7) is 4.01. The lowest BCUT2D eigenvalue weighted by Crippen LogP contribution is -2.44. The van der Waals surface area contributed by atoms with E-state index in [1.54, 1.807) is 24.3 Å². The number of hydrogen-bond donors (Lipinski definition) is 4. The van der Waals surface area contributed by atoms with E-state index in [-0.39, 0.29) is 25.7 Å². The summed E-state index contributed by atoms with van der Waals surface area (Å²) in [4.78, 5) is 37.7. The lowest BCUT2D eigenvalue weighted by molar-refractivity contribution is -0.118. The molecule has 4 N–H and O–H groups in total. The number of anilines is 1. The van der Waals surface area contributed by atoms with Crippen LogP contribution in [-0.2, 0) is 20.9 Å².